The van der Waals surface area contributed by atoms with Gasteiger partial charge in [-0.1, -0.05) is 23.7 Å². The normalized spacial score (nSPS) is 10.9. The van der Waals surface area contributed by atoms with Crippen LogP contribution in [0.1, 0.15) is 18.1 Å². The molecule has 122 valence electrons. The van der Waals surface area contributed by atoms with Gasteiger partial charge in [0.1, 0.15) is 11.4 Å². The molecule has 6 nitrogen and oxygen atoms in total. The molecule has 1 aromatic heterocycles. The van der Waals surface area contributed by atoms with Crippen molar-refractivity contribution in [2.45, 2.75) is 13.5 Å². The molecule has 0 aliphatic carbocycles. The highest BCUT2D eigenvalue weighted by atomic mass is 35.5. The van der Waals surface area contributed by atoms with Crippen LogP contribution in [0.25, 0.3) is 6.08 Å². The first-order valence-corrected chi connectivity index (χ1v) is 7.41. The molecule has 1 heterocycles. The molecular weight excluding hydrogens is 318 g/mol. The number of benzene rings is 1. The fourth-order valence-corrected chi connectivity index (χ4v) is 2.21. The zero-order valence-electron chi connectivity index (χ0n) is 13.0. The molecule has 0 spiro atoms. The summed E-state index contributed by atoms with van der Waals surface area (Å²) in [5.41, 5.74) is 6.76. The SMILES string of the molecule is CCOC=Cc1c(Cl)nn(Cc2ccc(OC)cc2)c(=O)c1N. The van der Waals surface area contributed by atoms with Gasteiger partial charge in [-0.3, -0.25) is 4.79 Å². The fraction of sp³-hybridized carbons (Fsp3) is 0.250. The lowest BCUT2D eigenvalue weighted by Gasteiger charge is -2.10. The Balaban J connectivity index is 2.31. The monoisotopic (exact) mass is 335 g/mol. The van der Waals surface area contributed by atoms with Crippen LogP contribution in [0.2, 0.25) is 5.15 Å². The number of ether oxygens (including phenoxy) is 2. The van der Waals surface area contributed by atoms with Crippen LogP contribution in [0.5, 0.6) is 5.75 Å². The van der Waals surface area contributed by atoms with Gasteiger partial charge in [-0.2, -0.15) is 5.10 Å². The van der Waals surface area contributed by atoms with Crippen LogP contribution in [0, 0.1) is 0 Å². The molecule has 0 amide bonds. The highest BCUT2D eigenvalue weighted by Gasteiger charge is 2.12. The predicted molar refractivity (Wildman–Crippen MR) is 90.7 cm³/mol. The fourth-order valence-electron chi connectivity index (χ4n) is 1.95. The molecule has 7 heteroatoms. The van der Waals surface area contributed by atoms with Gasteiger partial charge >= 0.3 is 0 Å². The van der Waals surface area contributed by atoms with Crippen LogP contribution in [0.15, 0.2) is 35.3 Å². The third kappa shape index (κ3) is 4.04. The maximum Gasteiger partial charge on any atom is 0.290 e. The topological polar surface area (TPSA) is 79.4 Å². The molecule has 0 bridgehead atoms. The molecule has 0 saturated carbocycles. The predicted octanol–water partition coefficient (Wildman–Crippen LogP) is 2.54. The number of anilines is 1. The van der Waals surface area contributed by atoms with Gasteiger partial charge in [0.05, 0.1) is 26.5 Å². The quantitative estimate of drug-likeness (QED) is 0.821. The van der Waals surface area contributed by atoms with E-state index in [0.717, 1.165) is 11.3 Å². The van der Waals surface area contributed by atoms with E-state index in [1.54, 1.807) is 7.11 Å². The summed E-state index contributed by atoms with van der Waals surface area (Å²) in [4.78, 5) is 12.3. The summed E-state index contributed by atoms with van der Waals surface area (Å²) in [6, 6.07) is 7.31. The van der Waals surface area contributed by atoms with Gasteiger partial charge in [-0.25, -0.2) is 4.68 Å². The number of hydrogen-bond donors (Lipinski definition) is 1. The van der Waals surface area contributed by atoms with Gasteiger partial charge in [-0.05, 0) is 30.7 Å². The van der Waals surface area contributed by atoms with Crippen molar-refractivity contribution >= 4 is 23.4 Å². The number of nitrogen functional groups attached to an aromatic ring is 1. The van der Waals surface area contributed by atoms with E-state index >= 15 is 0 Å². The molecule has 0 saturated heterocycles. The van der Waals surface area contributed by atoms with Crippen LogP contribution < -0.4 is 16.0 Å². The Kier molecular flexibility index (Phi) is 5.65. The molecule has 0 fully saturated rings. The Morgan fingerprint density at radius 3 is 2.65 bits per heavy atom. The molecule has 0 unspecified atom stereocenters. The Morgan fingerprint density at radius 1 is 1.35 bits per heavy atom. The minimum atomic E-state index is -0.402. The van der Waals surface area contributed by atoms with Gasteiger partial charge < -0.3 is 15.2 Å². The van der Waals surface area contributed by atoms with E-state index in [4.69, 9.17) is 26.8 Å². The van der Waals surface area contributed by atoms with Crippen LogP contribution in [-0.4, -0.2) is 23.5 Å². The number of halogens is 1. The van der Waals surface area contributed by atoms with Crippen LogP contribution >= 0.6 is 11.6 Å². The van der Waals surface area contributed by atoms with Crippen molar-refractivity contribution < 1.29 is 9.47 Å². The summed E-state index contributed by atoms with van der Waals surface area (Å²) in [5, 5.41) is 4.25. The number of nitrogens with zero attached hydrogens (tertiary/aromatic N) is 2. The molecule has 2 aromatic rings. The van der Waals surface area contributed by atoms with Gasteiger partial charge in [0.15, 0.2) is 5.15 Å². The first-order valence-electron chi connectivity index (χ1n) is 7.04. The van der Waals surface area contributed by atoms with E-state index in [-0.39, 0.29) is 17.4 Å². The summed E-state index contributed by atoms with van der Waals surface area (Å²) >= 11 is 6.12. The third-order valence-electron chi connectivity index (χ3n) is 3.17. The van der Waals surface area contributed by atoms with Crippen molar-refractivity contribution in [2.75, 3.05) is 19.5 Å². The summed E-state index contributed by atoms with van der Waals surface area (Å²) in [7, 11) is 1.59. The van der Waals surface area contributed by atoms with Crippen molar-refractivity contribution in [3.63, 3.8) is 0 Å². The molecule has 2 N–H and O–H groups in total. The number of nitrogens with two attached hydrogens (primary N) is 1. The molecular formula is C16H18ClN3O3. The Labute approximate surface area is 139 Å². The van der Waals surface area contributed by atoms with Gasteiger partial charge in [0.2, 0.25) is 0 Å². The molecule has 0 radical (unpaired) electrons. The van der Waals surface area contributed by atoms with E-state index in [1.165, 1.54) is 17.0 Å². The summed E-state index contributed by atoms with van der Waals surface area (Å²) in [6.07, 6.45) is 2.97. The van der Waals surface area contributed by atoms with E-state index in [1.807, 2.05) is 31.2 Å². The van der Waals surface area contributed by atoms with Crippen molar-refractivity contribution in [2.24, 2.45) is 0 Å². The highest BCUT2D eigenvalue weighted by molar-refractivity contribution is 6.31. The van der Waals surface area contributed by atoms with Gasteiger partial charge in [0, 0.05) is 5.56 Å². The van der Waals surface area contributed by atoms with E-state index in [9.17, 15) is 4.79 Å². The molecule has 0 aliphatic heterocycles. The molecule has 0 aliphatic rings. The van der Waals surface area contributed by atoms with Crippen molar-refractivity contribution in [1.82, 2.24) is 9.78 Å². The molecule has 1 aromatic carbocycles. The maximum atomic E-state index is 12.3. The highest BCUT2D eigenvalue weighted by Crippen LogP contribution is 2.19. The van der Waals surface area contributed by atoms with E-state index in [0.29, 0.717) is 12.2 Å². The third-order valence-corrected chi connectivity index (χ3v) is 3.45. The zero-order chi connectivity index (χ0) is 16.8. The largest absolute Gasteiger partial charge is 0.501 e. The lowest BCUT2D eigenvalue weighted by Crippen LogP contribution is -2.27. The van der Waals surface area contributed by atoms with Gasteiger partial charge in [-0.15, -0.1) is 0 Å². The summed E-state index contributed by atoms with van der Waals surface area (Å²) in [6.45, 7) is 2.62. The van der Waals surface area contributed by atoms with Gasteiger partial charge in [0.25, 0.3) is 5.56 Å². The minimum absolute atomic E-state index is 0.0365. The smallest absolute Gasteiger partial charge is 0.290 e. The second kappa shape index (κ2) is 7.69. The number of aromatic nitrogens is 2. The second-order valence-electron chi connectivity index (χ2n) is 4.69. The molecule has 2 rings (SSSR count). The Bertz CT molecular complexity index is 754. The Hall–Kier alpha value is -2.47. The first-order chi connectivity index (χ1) is 11.1. The van der Waals surface area contributed by atoms with Crippen molar-refractivity contribution in [1.29, 1.82) is 0 Å². The lowest BCUT2D eigenvalue weighted by atomic mass is 10.2. The Morgan fingerprint density at radius 2 is 2.04 bits per heavy atom. The van der Waals surface area contributed by atoms with Crippen molar-refractivity contribution in [3.05, 3.63) is 57.2 Å². The van der Waals surface area contributed by atoms with Crippen LogP contribution in [0.4, 0.5) is 5.69 Å². The zero-order valence-corrected chi connectivity index (χ0v) is 13.7. The molecule has 23 heavy (non-hydrogen) atoms. The maximum absolute atomic E-state index is 12.3. The lowest BCUT2D eigenvalue weighted by molar-refractivity contribution is 0.272. The average Bonchev–Trinajstić information content (AvgIpc) is 2.56. The average molecular weight is 336 g/mol. The summed E-state index contributed by atoms with van der Waals surface area (Å²) in [5.74, 6) is 0.739. The van der Waals surface area contributed by atoms with E-state index in [2.05, 4.69) is 5.10 Å². The second-order valence-corrected chi connectivity index (χ2v) is 5.05. The minimum Gasteiger partial charge on any atom is -0.501 e. The number of methoxy groups -OCH3 is 1. The molecule has 0 atom stereocenters. The number of hydrogen-bond acceptors (Lipinski definition) is 5. The standard InChI is InChI=1S/C16H18ClN3O3/c1-3-23-9-8-13-14(18)16(21)20(19-15(13)17)10-11-4-6-12(22-2)7-5-11/h4-9H,3,10,18H2,1-2H3. The first kappa shape index (κ1) is 16.9. The van der Waals surface area contributed by atoms with E-state index < -0.39 is 5.56 Å². The van der Waals surface area contributed by atoms with Crippen LogP contribution in [-0.2, 0) is 11.3 Å². The number of rotatable bonds is 6. The summed E-state index contributed by atoms with van der Waals surface area (Å²) < 4.78 is 11.4. The van der Waals surface area contributed by atoms with Crippen LogP contribution in [0.3, 0.4) is 0 Å². The van der Waals surface area contributed by atoms with Crippen molar-refractivity contribution in [3.8, 4) is 5.75 Å².